The summed E-state index contributed by atoms with van der Waals surface area (Å²) in [6.07, 6.45) is -0.0121. The van der Waals surface area contributed by atoms with Crippen LogP contribution in [0.15, 0.2) is 6.20 Å². The van der Waals surface area contributed by atoms with E-state index in [-0.39, 0.29) is 25.2 Å². The first-order valence-corrected chi connectivity index (χ1v) is 9.89. The first-order valence-electron chi connectivity index (χ1n) is 9.89. The number of hydrogen-bond donors (Lipinski definition) is 2. The van der Waals surface area contributed by atoms with Gasteiger partial charge in [0.15, 0.2) is 0 Å². The van der Waals surface area contributed by atoms with Crippen molar-refractivity contribution in [3.8, 4) is 5.88 Å². The molecule has 1 aliphatic carbocycles. The molecular formula is C18H26F3N5O2. The van der Waals surface area contributed by atoms with Crippen LogP contribution in [0.4, 0.5) is 19.1 Å². The number of nitrogens with zero attached hydrogens (tertiary/aromatic N) is 3. The number of anilines is 1. The fourth-order valence-corrected chi connectivity index (χ4v) is 4.02. The molecule has 1 aromatic heterocycles. The van der Waals surface area contributed by atoms with Crippen molar-refractivity contribution in [3.63, 3.8) is 0 Å². The second kappa shape index (κ2) is 8.38. The fourth-order valence-electron chi connectivity index (χ4n) is 4.02. The zero-order chi connectivity index (χ0) is 19.6. The van der Waals surface area contributed by atoms with E-state index in [0.717, 1.165) is 58.1 Å². The van der Waals surface area contributed by atoms with Gasteiger partial charge in [-0.3, -0.25) is 4.90 Å². The summed E-state index contributed by atoms with van der Waals surface area (Å²) in [6.45, 7) is 4.63. The predicted molar refractivity (Wildman–Crippen MR) is 96.4 cm³/mol. The Balaban J connectivity index is 1.43. The Morgan fingerprint density at radius 2 is 2.00 bits per heavy atom. The van der Waals surface area contributed by atoms with Crippen LogP contribution in [-0.4, -0.2) is 72.4 Å². The van der Waals surface area contributed by atoms with Gasteiger partial charge in [0.1, 0.15) is 11.7 Å². The zero-order valence-electron chi connectivity index (χ0n) is 15.7. The van der Waals surface area contributed by atoms with Crippen LogP contribution in [0, 0.1) is 0 Å². The van der Waals surface area contributed by atoms with Crippen molar-refractivity contribution in [3.05, 3.63) is 11.8 Å². The minimum absolute atomic E-state index is 0.144. The molecule has 2 N–H and O–H groups in total. The van der Waals surface area contributed by atoms with Crippen molar-refractivity contribution < 1.29 is 22.6 Å². The average molecular weight is 401 g/mol. The molecule has 3 aliphatic rings. The molecule has 1 saturated carbocycles. The molecule has 3 heterocycles. The largest absolute Gasteiger partial charge is 0.469 e. The lowest BCUT2D eigenvalue weighted by molar-refractivity contribution is -0.142. The lowest BCUT2D eigenvalue weighted by atomic mass is 9.89. The molecule has 2 aliphatic heterocycles. The van der Waals surface area contributed by atoms with Gasteiger partial charge in [0.2, 0.25) is 11.8 Å². The average Bonchev–Trinajstić information content (AvgIpc) is 2.65. The highest BCUT2D eigenvalue weighted by atomic mass is 19.4. The Morgan fingerprint density at radius 3 is 2.68 bits per heavy atom. The van der Waals surface area contributed by atoms with Crippen molar-refractivity contribution in [2.24, 2.45) is 0 Å². The molecule has 0 unspecified atom stereocenters. The lowest BCUT2D eigenvalue weighted by Gasteiger charge is -2.39. The minimum atomic E-state index is -4.56. The third-order valence-corrected chi connectivity index (χ3v) is 5.59. The number of halogens is 3. The van der Waals surface area contributed by atoms with E-state index in [1.165, 1.54) is 0 Å². The first kappa shape index (κ1) is 19.7. The van der Waals surface area contributed by atoms with Gasteiger partial charge in [0.25, 0.3) is 0 Å². The summed E-state index contributed by atoms with van der Waals surface area (Å²) in [5.74, 6) is -0.234. The van der Waals surface area contributed by atoms with Gasteiger partial charge in [-0.2, -0.15) is 18.2 Å². The van der Waals surface area contributed by atoms with Crippen LogP contribution < -0.4 is 15.4 Å². The summed E-state index contributed by atoms with van der Waals surface area (Å²) in [4.78, 5) is 10.5. The molecule has 1 aromatic rings. The molecular weight excluding hydrogens is 375 g/mol. The van der Waals surface area contributed by atoms with Crippen molar-refractivity contribution in [2.75, 3.05) is 44.7 Å². The summed E-state index contributed by atoms with van der Waals surface area (Å²) in [7, 11) is 0. The predicted octanol–water partition coefficient (Wildman–Crippen LogP) is 1.90. The highest BCUT2D eigenvalue weighted by Gasteiger charge is 2.38. The molecule has 2 atom stereocenters. The van der Waals surface area contributed by atoms with E-state index in [4.69, 9.17) is 9.47 Å². The van der Waals surface area contributed by atoms with Gasteiger partial charge < -0.3 is 20.1 Å². The van der Waals surface area contributed by atoms with Crippen molar-refractivity contribution in [1.29, 1.82) is 0 Å². The quantitative estimate of drug-likeness (QED) is 0.781. The first-order chi connectivity index (χ1) is 13.5. The van der Waals surface area contributed by atoms with Gasteiger partial charge in [0.05, 0.1) is 13.2 Å². The molecule has 0 radical (unpaired) electrons. The fraction of sp³-hybridized carbons (Fsp3) is 0.778. The Labute approximate surface area is 162 Å². The third kappa shape index (κ3) is 4.66. The standard InChI is InChI=1S/C18H26F3N5O2/c19-18(20,21)15-9-23-17(25-16(15)28-14-10-27-11-14)24-12-2-1-3-13(8-12)26-6-4-22-5-7-26/h9,12-14,22H,1-8,10-11H2,(H,23,24,25)/t12-,13+/m1/s1. The highest BCUT2D eigenvalue weighted by Crippen LogP contribution is 2.36. The van der Waals surface area contributed by atoms with Crippen LogP contribution in [0.3, 0.4) is 0 Å². The molecule has 156 valence electrons. The molecule has 28 heavy (non-hydrogen) atoms. The number of hydrogen-bond acceptors (Lipinski definition) is 7. The van der Waals surface area contributed by atoms with E-state index in [1.807, 2.05) is 0 Å². The van der Waals surface area contributed by atoms with Crippen LogP contribution in [-0.2, 0) is 10.9 Å². The van der Waals surface area contributed by atoms with Gasteiger partial charge in [0, 0.05) is 44.5 Å². The van der Waals surface area contributed by atoms with Crippen molar-refractivity contribution in [2.45, 2.75) is 50.0 Å². The minimum Gasteiger partial charge on any atom is -0.469 e. The van der Waals surface area contributed by atoms with E-state index >= 15 is 0 Å². The molecule has 0 bridgehead atoms. The second-order valence-corrected chi connectivity index (χ2v) is 7.64. The maximum atomic E-state index is 13.2. The van der Waals surface area contributed by atoms with E-state index in [0.29, 0.717) is 6.04 Å². The van der Waals surface area contributed by atoms with Gasteiger partial charge in [-0.05, 0) is 25.7 Å². The number of rotatable bonds is 5. The number of nitrogens with one attached hydrogen (secondary N) is 2. The summed E-state index contributed by atoms with van der Waals surface area (Å²) < 4.78 is 50.1. The molecule has 3 fully saturated rings. The van der Waals surface area contributed by atoms with Crippen LogP contribution in [0.25, 0.3) is 0 Å². The number of alkyl halides is 3. The number of aromatic nitrogens is 2. The third-order valence-electron chi connectivity index (χ3n) is 5.59. The van der Waals surface area contributed by atoms with E-state index in [9.17, 15) is 13.2 Å². The second-order valence-electron chi connectivity index (χ2n) is 7.64. The van der Waals surface area contributed by atoms with Crippen LogP contribution in [0.1, 0.15) is 31.2 Å². The maximum Gasteiger partial charge on any atom is 0.423 e. The van der Waals surface area contributed by atoms with Gasteiger partial charge >= 0.3 is 6.18 Å². The molecule has 10 heteroatoms. The van der Waals surface area contributed by atoms with E-state index in [2.05, 4.69) is 25.5 Å². The number of piperazine rings is 1. The van der Waals surface area contributed by atoms with Gasteiger partial charge in [-0.25, -0.2) is 4.98 Å². The summed E-state index contributed by atoms with van der Waals surface area (Å²) in [5, 5.41) is 6.60. The van der Waals surface area contributed by atoms with Gasteiger partial charge in [-0.15, -0.1) is 0 Å². The smallest absolute Gasteiger partial charge is 0.423 e. The number of ether oxygens (including phenoxy) is 2. The zero-order valence-corrected chi connectivity index (χ0v) is 15.7. The Morgan fingerprint density at radius 1 is 1.21 bits per heavy atom. The molecule has 2 saturated heterocycles. The van der Waals surface area contributed by atoms with Crippen LogP contribution in [0.5, 0.6) is 5.88 Å². The molecule has 0 amide bonds. The van der Waals surface area contributed by atoms with Gasteiger partial charge in [-0.1, -0.05) is 0 Å². The van der Waals surface area contributed by atoms with Crippen LogP contribution in [0.2, 0.25) is 0 Å². The van der Waals surface area contributed by atoms with Crippen molar-refractivity contribution >= 4 is 5.95 Å². The molecule has 0 aromatic carbocycles. The summed E-state index contributed by atoms with van der Waals surface area (Å²) >= 11 is 0. The Kier molecular flexibility index (Phi) is 5.88. The summed E-state index contributed by atoms with van der Waals surface area (Å²) in [5.41, 5.74) is -0.952. The lowest BCUT2D eigenvalue weighted by Crippen LogP contribution is -2.50. The van der Waals surface area contributed by atoms with Crippen LogP contribution >= 0.6 is 0 Å². The van der Waals surface area contributed by atoms with E-state index in [1.54, 1.807) is 0 Å². The molecule has 7 nitrogen and oxygen atoms in total. The highest BCUT2D eigenvalue weighted by molar-refractivity contribution is 5.36. The Bertz CT molecular complexity index is 665. The molecule has 0 spiro atoms. The SMILES string of the molecule is FC(F)(F)c1cnc(N[C@@H]2CCC[C@H](N3CCNCC3)C2)nc1OC1COC1. The Hall–Kier alpha value is -1.65. The normalized spacial score (nSPS) is 27.2. The molecule has 4 rings (SSSR count). The summed E-state index contributed by atoms with van der Waals surface area (Å²) in [6, 6.07) is 0.635. The van der Waals surface area contributed by atoms with Crippen molar-refractivity contribution in [1.82, 2.24) is 20.2 Å². The maximum absolute atomic E-state index is 13.2. The topological polar surface area (TPSA) is 71.5 Å². The van der Waals surface area contributed by atoms with E-state index < -0.39 is 23.7 Å². The monoisotopic (exact) mass is 401 g/mol.